The number of halogens is 1. The van der Waals surface area contributed by atoms with E-state index in [1.54, 1.807) is 30.3 Å². The van der Waals surface area contributed by atoms with Crippen LogP contribution in [0.3, 0.4) is 0 Å². The lowest BCUT2D eigenvalue weighted by molar-refractivity contribution is 0.569. The van der Waals surface area contributed by atoms with E-state index in [2.05, 4.69) is 35.6 Å². The minimum absolute atomic E-state index is 0.0652. The molecule has 4 aromatic rings. The fourth-order valence-corrected chi connectivity index (χ4v) is 4.15. The molecule has 3 aromatic heterocycles. The van der Waals surface area contributed by atoms with E-state index in [1.165, 1.54) is 17.1 Å². The number of benzene rings is 1. The van der Waals surface area contributed by atoms with Crippen LogP contribution in [0.5, 0.6) is 0 Å². The van der Waals surface area contributed by atoms with E-state index in [-0.39, 0.29) is 16.1 Å². The number of sulfonamides is 1. The minimum atomic E-state index is -3.81. The maximum atomic E-state index is 12.9. The molecule has 0 aliphatic rings. The Hall–Kier alpha value is -2.84. The summed E-state index contributed by atoms with van der Waals surface area (Å²) in [6, 6.07) is 11.7. The van der Waals surface area contributed by atoms with Crippen LogP contribution in [0, 0.1) is 0 Å². The normalized spacial score (nSPS) is 12.4. The van der Waals surface area contributed by atoms with Crippen LogP contribution in [0.1, 0.15) is 26.3 Å². The second kappa shape index (κ2) is 6.89. The van der Waals surface area contributed by atoms with Crippen LogP contribution in [-0.4, -0.2) is 23.0 Å². The van der Waals surface area contributed by atoms with Crippen molar-refractivity contribution in [2.45, 2.75) is 31.1 Å². The third-order valence-corrected chi connectivity index (χ3v) is 6.21. The lowest BCUT2D eigenvalue weighted by Crippen LogP contribution is -2.16. The molecule has 0 fully saturated rings. The van der Waals surface area contributed by atoms with Crippen LogP contribution in [0.25, 0.3) is 17.0 Å². The molecule has 0 saturated heterocycles. The van der Waals surface area contributed by atoms with Gasteiger partial charge in [0.15, 0.2) is 12.2 Å². The van der Waals surface area contributed by atoms with E-state index in [0.717, 1.165) is 5.56 Å². The van der Waals surface area contributed by atoms with Gasteiger partial charge in [-0.3, -0.25) is 4.72 Å². The molecule has 150 valence electrons. The molecule has 0 atom stereocenters. The van der Waals surface area contributed by atoms with E-state index in [0.29, 0.717) is 22.0 Å². The first-order valence-corrected chi connectivity index (χ1v) is 10.7. The molecular weight excluding hydrogens is 412 g/mol. The molecule has 0 aliphatic carbocycles. The number of rotatable bonds is 4. The Labute approximate surface area is 173 Å². The zero-order valence-corrected chi connectivity index (χ0v) is 17.6. The summed E-state index contributed by atoms with van der Waals surface area (Å²) in [5, 5.41) is 4.84. The summed E-state index contributed by atoms with van der Waals surface area (Å²) in [5.41, 5.74) is 2.02. The summed E-state index contributed by atoms with van der Waals surface area (Å²) in [6.45, 7) is 6.22. The highest BCUT2D eigenvalue weighted by atomic mass is 35.5. The van der Waals surface area contributed by atoms with Gasteiger partial charge in [0.25, 0.3) is 10.0 Å². The second-order valence-electron chi connectivity index (χ2n) is 7.64. The second-order valence-corrected chi connectivity index (χ2v) is 9.73. The number of pyridine rings is 1. The first-order valence-electron chi connectivity index (χ1n) is 8.86. The van der Waals surface area contributed by atoms with Gasteiger partial charge in [-0.15, -0.1) is 0 Å². The van der Waals surface area contributed by atoms with Crippen molar-refractivity contribution in [2.75, 3.05) is 4.72 Å². The van der Waals surface area contributed by atoms with Crippen molar-refractivity contribution in [2.24, 2.45) is 0 Å². The summed E-state index contributed by atoms with van der Waals surface area (Å²) in [5.74, 6) is 0.714. The van der Waals surface area contributed by atoms with Gasteiger partial charge in [-0.05, 0) is 41.3 Å². The first-order chi connectivity index (χ1) is 13.6. The largest absolute Gasteiger partial charge is 0.442 e. The molecule has 0 spiro atoms. The molecule has 1 N–H and O–H groups in total. The Morgan fingerprint density at radius 3 is 2.45 bits per heavy atom. The van der Waals surface area contributed by atoms with Gasteiger partial charge in [-0.1, -0.05) is 44.5 Å². The fraction of sp³-hybridized carbons (Fsp3) is 0.200. The molecule has 0 amide bonds. The highest BCUT2D eigenvalue weighted by molar-refractivity contribution is 7.92. The molecule has 3 heterocycles. The average molecular weight is 431 g/mol. The quantitative estimate of drug-likeness (QED) is 0.505. The van der Waals surface area contributed by atoms with Gasteiger partial charge in [0.05, 0.1) is 21.6 Å². The Morgan fingerprint density at radius 2 is 1.83 bits per heavy atom. The highest BCUT2D eigenvalue weighted by Gasteiger charge is 2.20. The number of hydrogen-bond acceptors (Lipinski definition) is 5. The number of fused-ring (bicyclic) bond motifs is 1. The van der Waals surface area contributed by atoms with E-state index >= 15 is 0 Å². The van der Waals surface area contributed by atoms with E-state index in [1.807, 2.05) is 12.1 Å². The van der Waals surface area contributed by atoms with Crippen molar-refractivity contribution in [3.05, 3.63) is 65.6 Å². The van der Waals surface area contributed by atoms with Crippen molar-refractivity contribution in [1.29, 1.82) is 0 Å². The van der Waals surface area contributed by atoms with Crippen LogP contribution in [0.15, 0.2) is 64.4 Å². The maximum absolute atomic E-state index is 12.9. The number of hydrogen-bond donors (Lipinski definition) is 1. The molecule has 29 heavy (non-hydrogen) atoms. The van der Waals surface area contributed by atoms with Gasteiger partial charge in [-0.2, -0.15) is 5.10 Å². The molecule has 7 nitrogen and oxygen atoms in total. The zero-order valence-electron chi connectivity index (χ0n) is 16.0. The number of nitrogens with one attached hydrogen (secondary N) is 1. The third-order valence-electron chi connectivity index (χ3n) is 4.52. The van der Waals surface area contributed by atoms with Gasteiger partial charge >= 0.3 is 0 Å². The Bertz CT molecular complexity index is 1270. The predicted molar refractivity (Wildman–Crippen MR) is 112 cm³/mol. The minimum Gasteiger partial charge on any atom is -0.442 e. The lowest BCUT2D eigenvalue weighted by atomic mass is 9.87. The van der Waals surface area contributed by atoms with Gasteiger partial charge in [0.1, 0.15) is 11.5 Å². The van der Waals surface area contributed by atoms with Gasteiger partial charge in [0.2, 0.25) is 0 Å². The molecule has 1 aromatic carbocycles. The van der Waals surface area contributed by atoms with Crippen LogP contribution in [-0.2, 0) is 15.4 Å². The Morgan fingerprint density at radius 1 is 1.10 bits per heavy atom. The average Bonchev–Trinajstić information content (AvgIpc) is 3.33. The Balaban J connectivity index is 1.72. The van der Waals surface area contributed by atoms with Crippen molar-refractivity contribution < 1.29 is 12.8 Å². The third kappa shape index (κ3) is 3.73. The van der Waals surface area contributed by atoms with Crippen LogP contribution in [0.2, 0.25) is 5.02 Å². The Kier molecular flexibility index (Phi) is 4.63. The standard InChI is InChI=1S/C20H19ClN4O3S/c1-20(2,3)13-4-6-14(7-5-13)29(26,27)24-19-9-8-15(21)17-10-16(23-25(17)19)18-11-22-12-28-18/h4-12,24H,1-3H3. The molecule has 0 saturated carbocycles. The number of oxazole rings is 1. The smallest absolute Gasteiger partial charge is 0.263 e. The van der Waals surface area contributed by atoms with Crippen molar-refractivity contribution >= 4 is 33.0 Å². The molecular formula is C20H19ClN4O3S. The molecule has 0 unspecified atom stereocenters. The summed E-state index contributed by atoms with van der Waals surface area (Å²) in [6.07, 6.45) is 2.82. The van der Waals surface area contributed by atoms with Crippen LogP contribution < -0.4 is 4.72 Å². The first kappa shape index (κ1) is 19.5. The summed E-state index contributed by atoms with van der Waals surface area (Å²) in [7, 11) is -3.81. The van der Waals surface area contributed by atoms with Crippen LogP contribution in [0.4, 0.5) is 5.82 Å². The number of anilines is 1. The van der Waals surface area contributed by atoms with E-state index < -0.39 is 10.0 Å². The number of aromatic nitrogens is 3. The van der Waals surface area contributed by atoms with Crippen LogP contribution >= 0.6 is 11.6 Å². The SMILES string of the molecule is CC(C)(C)c1ccc(S(=O)(=O)Nc2ccc(Cl)c3cc(-c4cnco4)nn23)cc1. The maximum Gasteiger partial charge on any atom is 0.263 e. The summed E-state index contributed by atoms with van der Waals surface area (Å²) >= 11 is 6.27. The lowest BCUT2D eigenvalue weighted by Gasteiger charge is -2.19. The van der Waals surface area contributed by atoms with Gasteiger partial charge in [-0.25, -0.2) is 17.9 Å². The number of nitrogens with zero attached hydrogens (tertiary/aromatic N) is 3. The topological polar surface area (TPSA) is 89.5 Å². The monoisotopic (exact) mass is 430 g/mol. The summed E-state index contributed by atoms with van der Waals surface area (Å²) < 4.78 is 35.1. The molecule has 0 aliphatic heterocycles. The fourth-order valence-electron chi connectivity index (χ4n) is 2.91. The van der Waals surface area contributed by atoms with Crippen molar-refractivity contribution in [3.8, 4) is 11.5 Å². The van der Waals surface area contributed by atoms with Crippen molar-refractivity contribution in [3.63, 3.8) is 0 Å². The molecule has 9 heteroatoms. The van der Waals surface area contributed by atoms with E-state index in [9.17, 15) is 8.42 Å². The molecule has 0 radical (unpaired) electrons. The van der Waals surface area contributed by atoms with E-state index in [4.69, 9.17) is 16.0 Å². The predicted octanol–water partition coefficient (Wildman–Crippen LogP) is 4.74. The zero-order chi connectivity index (χ0) is 20.8. The summed E-state index contributed by atoms with van der Waals surface area (Å²) in [4.78, 5) is 4.04. The van der Waals surface area contributed by atoms with Gasteiger partial charge < -0.3 is 4.42 Å². The van der Waals surface area contributed by atoms with Gasteiger partial charge in [0, 0.05) is 0 Å². The highest BCUT2D eigenvalue weighted by Crippen LogP contribution is 2.29. The van der Waals surface area contributed by atoms with Crippen molar-refractivity contribution in [1.82, 2.24) is 14.6 Å². The molecule has 4 rings (SSSR count). The molecule has 0 bridgehead atoms.